The molecule has 0 unspecified atom stereocenters. The fraction of sp³-hybridized carbons (Fsp3) is 0.750. The van der Waals surface area contributed by atoms with E-state index in [0.717, 1.165) is 56.0 Å². The molecule has 0 aromatic carbocycles. The van der Waals surface area contributed by atoms with E-state index in [1.165, 1.54) is 0 Å². The summed E-state index contributed by atoms with van der Waals surface area (Å²) in [6, 6.07) is 0. The molecule has 1 aromatic rings. The Labute approximate surface area is 139 Å². The van der Waals surface area contributed by atoms with Crippen molar-refractivity contribution in [3.63, 3.8) is 0 Å². The number of nitrogens with zero attached hydrogens (tertiary/aromatic N) is 4. The van der Waals surface area contributed by atoms with Crippen LogP contribution in [0.1, 0.15) is 37.1 Å². The number of piperidine rings is 1. The van der Waals surface area contributed by atoms with Crippen LogP contribution in [0.15, 0.2) is 6.20 Å². The third kappa shape index (κ3) is 3.66. The molecule has 7 heteroatoms. The van der Waals surface area contributed by atoms with E-state index in [1.807, 2.05) is 13.8 Å². The summed E-state index contributed by atoms with van der Waals surface area (Å²) in [5, 5.41) is -0.113. The molecule has 0 amide bonds. The van der Waals surface area contributed by atoms with Gasteiger partial charge in [-0.2, -0.15) is 0 Å². The molecule has 6 nitrogen and oxygen atoms in total. The highest BCUT2D eigenvalue weighted by Crippen LogP contribution is 2.32. The summed E-state index contributed by atoms with van der Waals surface area (Å²) >= 11 is 0. The van der Waals surface area contributed by atoms with Crippen molar-refractivity contribution in [2.24, 2.45) is 5.92 Å². The lowest BCUT2D eigenvalue weighted by Crippen LogP contribution is -2.40. The van der Waals surface area contributed by atoms with Crippen LogP contribution in [-0.4, -0.2) is 54.6 Å². The first-order chi connectivity index (χ1) is 10.9. The molecule has 1 saturated carbocycles. The monoisotopic (exact) mass is 338 g/mol. The summed E-state index contributed by atoms with van der Waals surface area (Å²) in [6.07, 6.45) is 5.45. The van der Waals surface area contributed by atoms with Crippen LogP contribution >= 0.6 is 0 Å². The highest BCUT2D eigenvalue weighted by atomic mass is 32.2. The molecule has 1 saturated heterocycles. The minimum atomic E-state index is -3.05. The maximum absolute atomic E-state index is 12.2. The molecule has 0 radical (unpaired) electrons. The average Bonchev–Trinajstić information content (AvgIpc) is 3.36. The minimum absolute atomic E-state index is 0.113. The smallest absolute Gasteiger partial charge is 0.216 e. The second-order valence-electron chi connectivity index (χ2n) is 6.88. The maximum atomic E-state index is 12.2. The van der Waals surface area contributed by atoms with E-state index in [2.05, 4.69) is 14.9 Å². The number of hydrogen-bond acceptors (Lipinski definition) is 5. The van der Waals surface area contributed by atoms with Crippen LogP contribution in [0.4, 0.5) is 5.82 Å². The molecule has 3 rings (SSSR count). The van der Waals surface area contributed by atoms with Gasteiger partial charge in [0.2, 0.25) is 10.0 Å². The standard InChI is InChI=1S/C16H26N4O2S/c1-12-10-17-13(2)16(18-12)20-8-6-14(7-9-20)11-19(3)23(21,22)15-4-5-15/h10,14-15H,4-9,11H2,1-3H3. The van der Waals surface area contributed by atoms with Crippen LogP contribution in [0.2, 0.25) is 0 Å². The van der Waals surface area contributed by atoms with Gasteiger partial charge >= 0.3 is 0 Å². The van der Waals surface area contributed by atoms with Gasteiger partial charge in [-0.05, 0) is 45.4 Å². The Hall–Kier alpha value is -1.21. The normalized spacial score (nSPS) is 20.3. The first kappa shape index (κ1) is 16.6. The van der Waals surface area contributed by atoms with Gasteiger partial charge in [0.15, 0.2) is 0 Å². The van der Waals surface area contributed by atoms with Gasteiger partial charge in [0.1, 0.15) is 5.82 Å². The van der Waals surface area contributed by atoms with Crippen molar-refractivity contribution in [2.75, 3.05) is 31.6 Å². The zero-order valence-corrected chi connectivity index (χ0v) is 15.0. The van der Waals surface area contributed by atoms with E-state index in [4.69, 9.17) is 0 Å². The van der Waals surface area contributed by atoms with Crippen molar-refractivity contribution in [3.05, 3.63) is 17.6 Å². The van der Waals surface area contributed by atoms with Crippen molar-refractivity contribution in [1.82, 2.24) is 14.3 Å². The molecule has 0 N–H and O–H groups in total. The van der Waals surface area contributed by atoms with Crippen molar-refractivity contribution in [1.29, 1.82) is 0 Å². The maximum Gasteiger partial charge on any atom is 0.216 e. The van der Waals surface area contributed by atoms with Gasteiger partial charge in [-0.25, -0.2) is 17.7 Å². The van der Waals surface area contributed by atoms with Gasteiger partial charge in [-0.1, -0.05) is 0 Å². The zero-order chi connectivity index (χ0) is 16.6. The Morgan fingerprint density at radius 3 is 2.48 bits per heavy atom. The van der Waals surface area contributed by atoms with Crippen LogP contribution in [0.5, 0.6) is 0 Å². The van der Waals surface area contributed by atoms with E-state index in [-0.39, 0.29) is 5.25 Å². The molecule has 0 bridgehead atoms. The molecule has 2 aliphatic rings. The topological polar surface area (TPSA) is 66.4 Å². The average molecular weight is 338 g/mol. The SMILES string of the molecule is Cc1cnc(C)c(N2CCC(CN(C)S(=O)(=O)C3CC3)CC2)n1. The van der Waals surface area contributed by atoms with E-state index in [1.54, 1.807) is 17.5 Å². The molecular weight excluding hydrogens is 312 g/mol. The Morgan fingerprint density at radius 1 is 1.22 bits per heavy atom. The summed E-state index contributed by atoms with van der Waals surface area (Å²) < 4.78 is 26.0. The number of rotatable bonds is 5. The van der Waals surface area contributed by atoms with Gasteiger partial charge in [-0.3, -0.25) is 4.98 Å². The third-order valence-electron chi connectivity index (χ3n) is 4.86. The van der Waals surface area contributed by atoms with Gasteiger partial charge in [0.05, 0.1) is 16.6 Å². The lowest BCUT2D eigenvalue weighted by molar-refractivity contribution is 0.327. The van der Waals surface area contributed by atoms with Crippen molar-refractivity contribution in [2.45, 2.75) is 44.8 Å². The largest absolute Gasteiger partial charge is 0.355 e. The zero-order valence-electron chi connectivity index (χ0n) is 14.2. The van der Waals surface area contributed by atoms with E-state index in [9.17, 15) is 8.42 Å². The molecule has 2 fully saturated rings. The number of aryl methyl sites for hydroxylation is 2. The molecule has 1 aromatic heterocycles. The molecule has 0 atom stereocenters. The van der Waals surface area contributed by atoms with Gasteiger partial charge in [0, 0.05) is 32.9 Å². The van der Waals surface area contributed by atoms with E-state index < -0.39 is 10.0 Å². The third-order valence-corrected chi connectivity index (χ3v) is 7.19. The van der Waals surface area contributed by atoms with E-state index in [0.29, 0.717) is 12.5 Å². The predicted molar refractivity (Wildman–Crippen MR) is 91.0 cm³/mol. The van der Waals surface area contributed by atoms with Crippen LogP contribution in [-0.2, 0) is 10.0 Å². The predicted octanol–water partition coefficient (Wildman–Crippen LogP) is 1.73. The Bertz CT molecular complexity index is 665. The van der Waals surface area contributed by atoms with E-state index >= 15 is 0 Å². The molecule has 1 aliphatic carbocycles. The molecule has 1 aliphatic heterocycles. The number of hydrogen-bond donors (Lipinski definition) is 0. The van der Waals surface area contributed by atoms with Crippen molar-refractivity contribution < 1.29 is 8.42 Å². The quantitative estimate of drug-likeness (QED) is 0.818. The minimum Gasteiger partial charge on any atom is -0.355 e. The van der Waals surface area contributed by atoms with Gasteiger partial charge in [0.25, 0.3) is 0 Å². The fourth-order valence-electron chi connectivity index (χ4n) is 3.24. The second-order valence-corrected chi connectivity index (χ2v) is 9.20. The van der Waals surface area contributed by atoms with Gasteiger partial charge in [-0.15, -0.1) is 0 Å². The fourth-order valence-corrected chi connectivity index (χ4v) is 4.90. The number of anilines is 1. The Morgan fingerprint density at radius 2 is 1.87 bits per heavy atom. The number of sulfonamides is 1. The van der Waals surface area contributed by atoms with Gasteiger partial charge < -0.3 is 4.90 Å². The Balaban J connectivity index is 1.57. The summed E-state index contributed by atoms with van der Waals surface area (Å²) in [6.45, 7) is 6.43. The summed E-state index contributed by atoms with van der Waals surface area (Å²) in [4.78, 5) is 11.3. The molecule has 2 heterocycles. The number of aromatic nitrogens is 2. The first-order valence-corrected chi connectivity index (χ1v) is 9.88. The highest BCUT2D eigenvalue weighted by Gasteiger charge is 2.39. The summed E-state index contributed by atoms with van der Waals surface area (Å²) in [7, 11) is -1.31. The summed E-state index contributed by atoms with van der Waals surface area (Å²) in [5.74, 6) is 1.41. The molecule has 0 spiro atoms. The van der Waals surface area contributed by atoms with Crippen LogP contribution < -0.4 is 4.90 Å². The van der Waals surface area contributed by atoms with Crippen molar-refractivity contribution >= 4 is 15.8 Å². The Kier molecular flexibility index (Phi) is 4.60. The highest BCUT2D eigenvalue weighted by molar-refractivity contribution is 7.90. The summed E-state index contributed by atoms with van der Waals surface area (Å²) in [5.41, 5.74) is 1.89. The first-order valence-electron chi connectivity index (χ1n) is 8.38. The molecule has 128 valence electrons. The van der Waals surface area contributed by atoms with Crippen LogP contribution in [0.25, 0.3) is 0 Å². The molecule has 23 heavy (non-hydrogen) atoms. The van der Waals surface area contributed by atoms with Crippen LogP contribution in [0.3, 0.4) is 0 Å². The second kappa shape index (κ2) is 6.36. The lowest BCUT2D eigenvalue weighted by atomic mass is 9.97. The lowest BCUT2D eigenvalue weighted by Gasteiger charge is -2.34. The molecular formula is C16H26N4O2S. The van der Waals surface area contributed by atoms with Crippen LogP contribution in [0, 0.1) is 19.8 Å². The van der Waals surface area contributed by atoms with Crippen molar-refractivity contribution in [3.8, 4) is 0 Å².